The molecule has 6 N–H and O–H groups in total. The molecule has 0 spiro atoms. The van der Waals surface area contributed by atoms with Gasteiger partial charge in [-0.25, -0.2) is 4.57 Å². The van der Waals surface area contributed by atoms with Crippen molar-refractivity contribution in [2.45, 2.75) is 198 Å². The fourth-order valence-electron chi connectivity index (χ4n) is 6.27. The van der Waals surface area contributed by atoms with Crippen LogP contribution in [0.25, 0.3) is 0 Å². The number of rotatable bonds is 35. The maximum atomic E-state index is 12.8. The number of hydrogen-bond acceptors (Lipinski definition) is 12. The molecule has 0 aromatic heterocycles. The van der Waals surface area contributed by atoms with E-state index in [0.717, 1.165) is 64.2 Å². The molecule has 0 aromatic rings. The van der Waals surface area contributed by atoms with Crippen LogP contribution in [0.1, 0.15) is 155 Å². The molecule has 0 saturated heterocycles. The number of carbonyl (C=O) groups excluding carboxylic acids is 2. The summed E-state index contributed by atoms with van der Waals surface area (Å²) in [7, 11) is -5.13. The van der Waals surface area contributed by atoms with E-state index in [1.165, 1.54) is 44.9 Å². The normalized spacial score (nSPS) is 22.9. The second-order valence-electron chi connectivity index (χ2n) is 15.2. The molecular weight excluding hydrogens is 779 g/mol. The van der Waals surface area contributed by atoms with Crippen molar-refractivity contribution < 1.29 is 63.1 Å². The molecule has 1 rings (SSSR count). The van der Waals surface area contributed by atoms with Crippen LogP contribution in [0.5, 0.6) is 0 Å². The Morgan fingerprint density at radius 2 is 0.966 bits per heavy atom. The third kappa shape index (κ3) is 27.9. The minimum atomic E-state index is -5.13. The molecule has 59 heavy (non-hydrogen) atoms. The molecule has 14 heteroatoms. The zero-order valence-corrected chi connectivity index (χ0v) is 36.7. The molecule has 340 valence electrons. The molecule has 0 bridgehead atoms. The lowest BCUT2D eigenvalue weighted by atomic mass is 9.85. The highest BCUT2D eigenvalue weighted by molar-refractivity contribution is 7.47. The van der Waals surface area contributed by atoms with Crippen molar-refractivity contribution in [3.05, 3.63) is 60.8 Å². The highest BCUT2D eigenvalue weighted by atomic mass is 31.2. The van der Waals surface area contributed by atoms with E-state index in [4.69, 9.17) is 18.5 Å². The Labute approximate surface area is 353 Å². The van der Waals surface area contributed by atoms with E-state index in [1.54, 1.807) is 0 Å². The fraction of sp³-hybridized carbons (Fsp3) is 0.733. The molecule has 0 heterocycles. The number of carbonyl (C=O) groups is 2. The van der Waals surface area contributed by atoms with Gasteiger partial charge in [0.1, 0.15) is 43.2 Å². The van der Waals surface area contributed by atoms with Gasteiger partial charge < -0.3 is 39.9 Å². The SMILES string of the molecule is CC/C=C/C/C=C/C/C=C/C/C=C/CCCCC(=O)O[C@H](COC(=O)CCCCCCCCC/C=C/CCCCCC)COP(=O)(O)OC1C(O)C(O)C(O)[C@@H](O)C1O. The highest BCUT2D eigenvalue weighted by Gasteiger charge is 2.51. The minimum Gasteiger partial charge on any atom is -0.462 e. The van der Waals surface area contributed by atoms with Crippen LogP contribution in [-0.2, 0) is 32.7 Å². The van der Waals surface area contributed by atoms with Crippen LogP contribution in [-0.4, -0.2) is 98.3 Å². The quantitative estimate of drug-likeness (QED) is 0.0154. The van der Waals surface area contributed by atoms with Crippen molar-refractivity contribution in [3.8, 4) is 0 Å². The fourth-order valence-corrected chi connectivity index (χ4v) is 7.24. The molecule has 0 aromatic carbocycles. The lowest BCUT2D eigenvalue weighted by molar-refractivity contribution is -0.220. The summed E-state index contributed by atoms with van der Waals surface area (Å²) in [5, 5.41) is 50.1. The van der Waals surface area contributed by atoms with Gasteiger partial charge in [0.25, 0.3) is 0 Å². The van der Waals surface area contributed by atoms with Gasteiger partial charge in [-0.3, -0.25) is 18.6 Å². The van der Waals surface area contributed by atoms with Crippen LogP contribution in [0, 0.1) is 0 Å². The number of unbranched alkanes of at least 4 members (excludes halogenated alkanes) is 13. The van der Waals surface area contributed by atoms with Crippen molar-refractivity contribution in [1.29, 1.82) is 0 Å². The Balaban J connectivity index is 2.52. The van der Waals surface area contributed by atoms with Gasteiger partial charge in [0.15, 0.2) is 6.10 Å². The summed E-state index contributed by atoms with van der Waals surface area (Å²) in [6, 6.07) is 0. The summed E-state index contributed by atoms with van der Waals surface area (Å²) in [5.41, 5.74) is 0. The zero-order chi connectivity index (χ0) is 43.6. The molecule has 1 saturated carbocycles. The third-order valence-electron chi connectivity index (χ3n) is 9.84. The van der Waals surface area contributed by atoms with Gasteiger partial charge in [-0.05, 0) is 77.0 Å². The Bertz CT molecular complexity index is 1270. The van der Waals surface area contributed by atoms with Crippen LogP contribution in [0.2, 0.25) is 0 Å². The van der Waals surface area contributed by atoms with Crippen LogP contribution >= 0.6 is 7.82 Å². The monoisotopic (exact) mass is 857 g/mol. The summed E-state index contributed by atoms with van der Waals surface area (Å²) < 4.78 is 33.4. The molecule has 1 aliphatic rings. The summed E-state index contributed by atoms with van der Waals surface area (Å²) in [6.07, 6.45) is 28.5. The van der Waals surface area contributed by atoms with Gasteiger partial charge in [0.05, 0.1) is 6.61 Å². The van der Waals surface area contributed by atoms with Gasteiger partial charge in [0.2, 0.25) is 0 Å². The van der Waals surface area contributed by atoms with E-state index < -0.39 is 75.7 Å². The number of aliphatic hydroxyl groups excluding tert-OH is 5. The molecule has 0 radical (unpaired) electrons. The number of allylic oxidation sites excluding steroid dienone is 10. The molecule has 1 aliphatic carbocycles. The second-order valence-corrected chi connectivity index (χ2v) is 16.6. The number of ether oxygens (including phenoxy) is 2. The lowest BCUT2D eigenvalue weighted by Gasteiger charge is -2.41. The largest absolute Gasteiger partial charge is 0.472 e. The Kier molecular flexibility index (Phi) is 32.5. The van der Waals surface area contributed by atoms with E-state index >= 15 is 0 Å². The van der Waals surface area contributed by atoms with Crippen LogP contribution in [0.3, 0.4) is 0 Å². The molecule has 0 amide bonds. The third-order valence-corrected chi connectivity index (χ3v) is 10.8. The van der Waals surface area contributed by atoms with Crippen molar-refractivity contribution >= 4 is 19.8 Å². The zero-order valence-electron chi connectivity index (χ0n) is 35.8. The van der Waals surface area contributed by atoms with Gasteiger partial charge in [-0.1, -0.05) is 126 Å². The summed E-state index contributed by atoms with van der Waals surface area (Å²) in [4.78, 5) is 35.6. The molecule has 0 aliphatic heterocycles. The first-order valence-corrected chi connectivity index (χ1v) is 23.6. The van der Waals surface area contributed by atoms with Crippen molar-refractivity contribution in [2.75, 3.05) is 13.2 Å². The van der Waals surface area contributed by atoms with Crippen molar-refractivity contribution in [1.82, 2.24) is 0 Å². The van der Waals surface area contributed by atoms with Crippen molar-refractivity contribution in [3.63, 3.8) is 0 Å². The summed E-state index contributed by atoms with van der Waals surface area (Å²) in [5.74, 6) is -1.16. The van der Waals surface area contributed by atoms with E-state index in [2.05, 4.69) is 68.5 Å². The van der Waals surface area contributed by atoms with E-state index in [9.17, 15) is 44.6 Å². The smallest absolute Gasteiger partial charge is 0.462 e. The van der Waals surface area contributed by atoms with Gasteiger partial charge >= 0.3 is 19.8 Å². The molecule has 8 atom stereocenters. The first kappa shape index (κ1) is 54.6. The number of hydrogen-bond donors (Lipinski definition) is 6. The first-order valence-electron chi connectivity index (χ1n) is 22.1. The van der Waals surface area contributed by atoms with Crippen molar-refractivity contribution in [2.24, 2.45) is 0 Å². The summed E-state index contributed by atoms with van der Waals surface area (Å²) >= 11 is 0. The number of phosphoric ester groups is 1. The predicted octanol–water partition coefficient (Wildman–Crippen LogP) is 8.16. The van der Waals surface area contributed by atoms with E-state index in [0.29, 0.717) is 19.3 Å². The lowest BCUT2D eigenvalue weighted by Crippen LogP contribution is -2.64. The number of phosphoric acid groups is 1. The highest BCUT2D eigenvalue weighted by Crippen LogP contribution is 2.47. The van der Waals surface area contributed by atoms with Crippen LogP contribution in [0.15, 0.2) is 60.8 Å². The average molecular weight is 857 g/mol. The molecule has 13 nitrogen and oxygen atoms in total. The Hall–Kier alpha value is -2.45. The van der Waals surface area contributed by atoms with Gasteiger partial charge in [-0.15, -0.1) is 0 Å². The van der Waals surface area contributed by atoms with E-state index in [-0.39, 0.29) is 12.8 Å². The van der Waals surface area contributed by atoms with Crippen LogP contribution in [0.4, 0.5) is 0 Å². The number of esters is 2. The molecule has 1 fully saturated rings. The van der Waals surface area contributed by atoms with E-state index in [1.807, 2.05) is 6.08 Å². The molecule has 6 unspecified atom stereocenters. The maximum absolute atomic E-state index is 12.8. The molecular formula is C45H77O13P. The first-order chi connectivity index (χ1) is 28.4. The maximum Gasteiger partial charge on any atom is 0.472 e. The summed E-state index contributed by atoms with van der Waals surface area (Å²) in [6.45, 7) is 3.12. The second kappa shape index (κ2) is 35.2. The predicted molar refractivity (Wildman–Crippen MR) is 230 cm³/mol. The average Bonchev–Trinajstić information content (AvgIpc) is 3.21. The minimum absolute atomic E-state index is 0.0413. The Morgan fingerprint density at radius 3 is 1.53 bits per heavy atom. The number of aliphatic hydroxyl groups is 5. The van der Waals surface area contributed by atoms with Gasteiger partial charge in [0, 0.05) is 12.8 Å². The topological polar surface area (TPSA) is 210 Å². The standard InChI is InChI=1S/C45H77O13P/c1-3-5-7-9-11-13-15-17-19-21-23-25-27-29-31-33-38(46)55-35-37(36-56-59(53,54)58-45-43(51)41(49)40(48)42(50)44(45)52)57-39(47)34-32-30-28-26-24-22-20-18-16-14-12-10-8-6-4-2/h6,8,12-15,18,20,24,26,37,40-45,48-52H,3-5,7,9-11,16-17,19,21-23,25,27-36H2,1-2H3,(H,53,54)/b8-6+,14-12+,15-13+,20-18+,26-24+/t37-,40?,41-,42?,43?,44?,45?/m1/s1. The van der Waals surface area contributed by atoms with Gasteiger partial charge in [-0.2, -0.15) is 0 Å². The van der Waals surface area contributed by atoms with Crippen LogP contribution < -0.4 is 0 Å². The Morgan fingerprint density at radius 1 is 0.542 bits per heavy atom.